The Labute approximate surface area is 283 Å². The Morgan fingerprint density at radius 2 is 1.50 bits per heavy atom. The van der Waals surface area contributed by atoms with Crippen LogP contribution in [-0.4, -0.2) is 135 Å². The molecule has 0 aromatic carbocycles. The summed E-state index contributed by atoms with van der Waals surface area (Å²) in [5.74, 6) is -1.53. The van der Waals surface area contributed by atoms with Gasteiger partial charge in [0.1, 0.15) is 35.8 Å². The second-order valence-corrected chi connectivity index (χ2v) is 16.2. The topological polar surface area (TPSA) is 194 Å². The summed E-state index contributed by atoms with van der Waals surface area (Å²) in [5, 5.41) is 69.2. The van der Waals surface area contributed by atoms with Gasteiger partial charge in [-0.3, -0.25) is 4.79 Å². The van der Waals surface area contributed by atoms with Gasteiger partial charge in [-0.05, 0) is 77.0 Å². The van der Waals surface area contributed by atoms with Crippen molar-refractivity contribution >= 4 is 5.78 Å². The van der Waals surface area contributed by atoms with E-state index in [4.69, 9.17) is 28.4 Å². The van der Waals surface area contributed by atoms with Crippen LogP contribution in [0.4, 0.5) is 0 Å². The molecular weight excluding hydrogens is 628 g/mol. The lowest BCUT2D eigenvalue weighted by Gasteiger charge is -2.69. The monoisotopic (exact) mass is 686 g/mol. The lowest BCUT2D eigenvalue weighted by Crippen LogP contribution is -2.80. The molecule has 0 bridgehead atoms. The quantitative estimate of drug-likeness (QED) is 0.206. The van der Waals surface area contributed by atoms with Crippen molar-refractivity contribution in [1.82, 2.24) is 0 Å². The van der Waals surface area contributed by atoms with Crippen molar-refractivity contribution < 1.29 is 63.9 Å². The predicted octanol–water partition coefficient (Wildman–Crippen LogP) is 0.808. The second kappa shape index (κ2) is 13.0. The van der Waals surface area contributed by atoms with Crippen LogP contribution in [0.15, 0.2) is 0 Å². The van der Waals surface area contributed by atoms with Crippen LogP contribution in [0.25, 0.3) is 0 Å². The lowest BCUT2D eigenvalue weighted by atomic mass is 9.40. The molecule has 48 heavy (non-hydrogen) atoms. The highest BCUT2D eigenvalue weighted by atomic mass is 16.7. The number of aliphatic hydroxyl groups excluding tert-OH is 4. The minimum absolute atomic E-state index is 0.0488. The maximum atomic E-state index is 12.6. The van der Waals surface area contributed by atoms with Crippen molar-refractivity contribution in [2.45, 2.75) is 171 Å². The van der Waals surface area contributed by atoms with E-state index in [0.717, 1.165) is 0 Å². The van der Waals surface area contributed by atoms with E-state index in [-0.39, 0.29) is 30.6 Å². The highest BCUT2D eigenvalue weighted by molar-refractivity contribution is 5.80. The van der Waals surface area contributed by atoms with Crippen LogP contribution in [0, 0.1) is 28.6 Å². The maximum absolute atomic E-state index is 12.6. The lowest BCUT2D eigenvalue weighted by molar-refractivity contribution is -0.352. The molecule has 1 unspecified atom stereocenters. The van der Waals surface area contributed by atoms with Crippen LogP contribution in [0.5, 0.6) is 0 Å². The zero-order chi connectivity index (χ0) is 35.1. The Morgan fingerprint density at radius 1 is 0.792 bits per heavy atom. The van der Waals surface area contributed by atoms with Crippen molar-refractivity contribution in [2.24, 2.45) is 28.6 Å². The van der Waals surface area contributed by atoms with Crippen LogP contribution in [0.3, 0.4) is 0 Å². The Morgan fingerprint density at radius 3 is 2.15 bits per heavy atom. The molecule has 4 aliphatic carbocycles. The number of carbonyl (C=O) groups is 1. The number of ether oxygens (including phenoxy) is 6. The fraction of sp³-hybridized carbons (Fsp3) is 0.971. The van der Waals surface area contributed by atoms with E-state index in [1.807, 2.05) is 6.92 Å². The van der Waals surface area contributed by atoms with Gasteiger partial charge in [-0.1, -0.05) is 13.8 Å². The summed E-state index contributed by atoms with van der Waals surface area (Å²) in [7, 11) is 3.00. The first kappa shape index (κ1) is 37.0. The van der Waals surface area contributed by atoms with Crippen molar-refractivity contribution in [3.05, 3.63) is 0 Å². The summed E-state index contributed by atoms with van der Waals surface area (Å²) in [6.07, 6.45) is -6.02. The van der Waals surface area contributed by atoms with Gasteiger partial charge in [-0.15, -0.1) is 0 Å². The largest absolute Gasteiger partial charge is 0.390 e. The molecule has 6 aliphatic rings. The summed E-state index contributed by atoms with van der Waals surface area (Å²) in [6, 6.07) is 0. The molecule has 2 heterocycles. The predicted molar refractivity (Wildman–Crippen MR) is 168 cm³/mol. The fourth-order valence-electron chi connectivity index (χ4n) is 11.4. The van der Waals surface area contributed by atoms with E-state index >= 15 is 0 Å². The number of rotatable bonds is 7. The number of fused-ring (bicyclic) bond motifs is 5. The number of aliphatic hydroxyl groups is 6. The molecule has 6 rings (SSSR count). The second-order valence-electron chi connectivity index (χ2n) is 16.2. The third-order valence-corrected chi connectivity index (χ3v) is 14.1. The number of Topliss-reactive ketones (excluding diaryl/α,β-unsaturated/α-hetero) is 1. The first-order chi connectivity index (χ1) is 22.5. The van der Waals surface area contributed by atoms with Crippen LogP contribution < -0.4 is 0 Å². The standard InChI is InChI=1S/C35H58O13/c1-16(36)21-10-13-35(42)33(21,5)30(40)26(39)29-32(4)11-9-20(14-19(32)8-12-34(29,35)41)47-23-15-22(43-6)27(18(3)45-23)48-31-25(38)28(44-7)24(37)17(2)46-31/h17-31,37-42H,8-15H2,1-7H3/t17-,18-,19?,20+,21-,22+,23+,24-,25-,26+,27-,28-,29-,30-,31+,32+,33+,34+,35-/m1/s1. The van der Waals surface area contributed by atoms with E-state index in [2.05, 4.69) is 6.92 Å². The van der Waals surface area contributed by atoms with Gasteiger partial charge in [0.25, 0.3) is 0 Å². The first-order valence-corrected chi connectivity index (χ1v) is 17.8. The number of hydrogen-bond acceptors (Lipinski definition) is 13. The molecule has 0 aromatic heterocycles. The summed E-state index contributed by atoms with van der Waals surface area (Å²) in [6.45, 7) is 8.70. The summed E-state index contributed by atoms with van der Waals surface area (Å²) in [5.41, 5.74) is -5.30. The van der Waals surface area contributed by atoms with Crippen molar-refractivity contribution in [3.63, 3.8) is 0 Å². The van der Waals surface area contributed by atoms with Crippen molar-refractivity contribution in [2.75, 3.05) is 14.2 Å². The van der Waals surface area contributed by atoms with E-state index in [9.17, 15) is 35.4 Å². The molecule has 2 aliphatic heterocycles. The number of hydrogen-bond donors (Lipinski definition) is 6. The van der Waals surface area contributed by atoms with Gasteiger partial charge < -0.3 is 59.1 Å². The normalized spacial score (nSPS) is 57.0. The molecule has 2 saturated heterocycles. The molecule has 6 fully saturated rings. The van der Waals surface area contributed by atoms with Gasteiger partial charge in [0.05, 0.1) is 42.2 Å². The fourth-order valence-corrected chi connectivity index (χ4v) is 11.4. The number of methoxy groups -OCH3 is 2. The summed E-state index contributed by atoms with van der Waals surface area (Å²) >= 11 is 0. The molecule has 0 radical (unpaired) electrons. The van der Waals surface area contributed by atoms with Gasteiger partial charge in [-0.2, -0.15) is 0 Å². The average Bonchev–Trinajstić information content (AvgIpc) is 3.33. The first-order valence-electron chi connectivity index (χ1n) is 17.8. The Hall–Kier alpha value is -0.810. The zero-order valence-electron chi connectivity index (χ0n) is 29.4. The van der Waals surface area contributed by atoms with Gasteiger partial charge in [0, 0.05) is 37.9 Å². The van der Waals surface area contributed by atoms with E-state index in [1.165, 1.54) is 14.0 Å². The highest BCUT2D eigenvalue weighted by Crippen LogP contribution is 2.70. The average molecular weight is 687 g/mol. The van der Waals surface area contributed by atoms with Crippen LogP contribution in [0.2, 0.25) is 0 Å². The van der Waals surface area contributed by atoms with E-state index < -0.39 is 101 Å². The molecule has 0 amide bonds. The summed E-state index contributed by atoms with van der Waals surface area (Å²) < 4.78 is 35.9. The van der Waals surface area contributed by atoms with E-state index in [1.54, 1.807) is 21.0 Å². The Kier molecular flexibility index (Phi) is 10.0. The SMILES string of the molecule is CO[C@H]1[C@@H](O)[C@H](O[C@H]2[C@@H](OC)C[C@H](O[C@H]3CC[C@@]4(C)C(CC[C@]5(O)[C@@H]4[C@H](O)[C@@H](O)[C@]4(C)[C@@H](C(C)=O)CC[C@@]45O)C3)O[C@@H]2C)O[C@H](C)[C@H]1O. The number of carbonyl (C=O) groups excluding carboxylic acids is 1. The zero-order valence-corrected chi connectivity index (χ0v) is 29.4. The highest BCUT2D eigenvalue weighted by Gasteiger charge is 2.79. The molecular formula is C35H58O13. The maximum Gasteiger partial charge on any atom is 0.187 e. The molecule has 0 spiro atoms. The van der Waals surface area contributed by atoms with Crippen LogP contribution in [0.1, 0.15) is 86.0 Å². The smallest absolute Gasteiger partial charge is 0.187 e. The Bertz CT molecular complexity index is 1190. The third kappa shape index (κ3) is 5.29. The number of ketones is 1. The molecule has 4 saturated carbocycles. The molecule has 0 aromatic rings. The summed E-state index contributed by atoms with van der Waals surface area (Å²) in [4.78, 5) is 12.6. The third-order valence-electron chi connectivity index (χ3n) is 14.1. The van der Waals surface area contributed by atoms with Crippen molar-refractivity contribution in [3.8, 4) is 0 Å². The molecule has 276 valence electrons. The molecule has 6 N–H and O–H groups in total. The van der Waals surface area contributed by atoms with Gasteiger partial charge in [-0.25, -0.2) is 0 Å². The van der Waals surface area contributed by atoms with E-state index in [0.29, 0.717) is 38.5 Å². The van der Waals surface area contributed by atoms with Crippen molar-refractivity contribution in [1.29, 1.82) is 0 Å². The van der Waals surface area contributed by atoms with Gasteiger partial charge >= 0.3 is 0 Å². The Balaban J connectivity index is 1.12. The van der Waals surface area contributed by atoms with Crippen LogP contribution >= 0.6 is 0 Å². The molecule has 13 heteroatoms. The van der Waals surface area contributed by atoms with Gasteiger partial charge in [0.15, 0.2) is 12.6 Å². The van der Waals surface area contributed by atoms with Gasteiger partial charge in [0.2, 0.25) is 0 Å². The molecule has 19 atom stereocenters. The minimum Gasteiger partial charge on any atom is -0.390 e. The van der Waals surface area contributed by atoms with Crippen LogP contribution in [-0.2, 0) is 33.2 Å². The minimum atomic E-state index is -1.71. The molecule has 13 nitrogen and oxygen atoms in total.